The van der Waals surface area contributed by atoms with Crippen molar-refractivity contribution in [1.29, 1.82) is 0 Å². The van der Waals surface area contributed by atoms with Crippen LogP contribution in [0.1, 0.15) is 10.6 Å². The first-order valence-electron chi connectivity index (χ1n) is 7.48. The highest BCUT2D eigenvalue weighted by Crippen LogP contribution is 2.36. The minimum absolute atomic E-state index is 0.199. The standard InChI is InChI=1S/C18H15Cl2FN2S/c19-15-6-2-5-14(18(15)20)16-10-23-17(24-16)11-22-8-7-12-3-1-4-13(21)9-12/h1-6,9-10,22H,7-8,11H2. The molecule has 1 heterocycles. The Labute approximate surface area is 154 Å². The van der Waals surface area contributed by atoms with Gasteiger partial charge in [0.25, 0.3) is 0 Å². The Morgan fingerprint density at radius 3 is 2.79 bits per heavy atom. The van der Waals surface area contributed by atoms with Gasteiger partial charge in [0.2, 0.25) is 0 Å². The number of rotatable bonds is 6. The highest BCUT2D eigenvalue weighted by atomic mass is 35.5. The fraction of sp³-hybridized carbons (Fsp3) is 0.167. The van der Waals surface area contributed by atoms with Crippen LogP contribution in [0.5, 0.6) is 0 Å². The largest absolute Gasteiger partial charge is 0.310 e. The molecule has 3 aromatic rings. The third-order valence-corrected chi connectivity index (χ3v) is 5.38. The molecule has 0 unspecified atom stereocenters. The monoisotopic (exact) mass is 380 g/mol. The average molecular weight is 381 g/mol. The van der Waals surface area contributed by atoms with E-state index in [4.69, 9.17) is 23.2 Å². The number of thiazole rings is 1. The number of hydrogen-bond donors (Lipinski definition) is 1. The highest BCUT2D eigenvalue weighted by Gasteiger charge is 2.10. The lowest BCUT2D eigenvalue weighted by Gasteiger charge is -2.03. The Hall–Kier alpha value is -1.46. The maximum absolute atomic E-state index is 13.1. The number of nitrogens with zero attached hydrogens (tertiary/aromatic N) is 1. The van der Waals surface area contributed by atoms with Gasteiger partial charge in [0, 0.05) is 18.3 Å². The quantitative estimate of drug-likeness (QED) is 0.563. The third kappa shape index (κ3) is 4.33. The number of halogens is 3. The van der Waals surface area contributed by atoms with Gasteiger partial charge in [0.1, 0.15) is 10.8 Å². The summed E-state index contributed by atoms with van der Waals surface area (Å²) in [6.07, 6.45) is 2.59. The first-order valence-corrected chi connectivity index (χ1v) is 9.05. The summed E-state index contributed by atoms with van der Waals surface area (Å²) in [6, 6.07) is 12.2. The topological polar surface area (TPSA) is 24.9 Å². The van der Waals surface area contributed by atoms with Crippen molar-refractivity contribution in [3.05, 3.63) is 75.1 Å². The van der Waals surface area contributed by atoms with Crippen molar-refractivity contribution in [3.63, 3.8) is 0 Å². The summed E-state index contributed by atoms with van der Waals surface area (Å²) in [7, 11) is 0. The molecular weight excluding hydrogens is 366 g/mol. The van der Waals surface area contributed by atoms with Gasteiger partial charge in [0.05, 0.1) is 14.9 Å². The molecule has 0 fully saturated rings. The average Bonchev–Trinajstić information content (AvgIpc) is 3.03. The van der Waals surface area contributed by atoms with Crippen molar-refractivity contribution >= 4 is 34.5 Å². The predicted molar refractivity (Wildman–Crippen MR) is 99.4 cm³/mol. The molecule has 0 aliphatic carbocycles. The van der Waals surface area contributed by atoms with Gasteiger partial charge < -0.3 is 5.32 Å². The van der Waals surface area contributed by atoms with Crippen molar-refractivity contribution in [2.75, 3.05) is 6.54 Å². The van der Waals surface area contributed by atoms with E-state index < -0.39 is 0 Å². The zero-order valence-electron chi connectivity index (χ0n) is 12.7. The fourth-order valence-electron chi connectivity index (χ4n) is 2.33. The summed E-state index contributed by atoms with van der Waals surface area (Å²) in [6.45, 7) is 1.43. The van der Waals surface area contributed by atoms with E-state index in [1.165, 1.54) is 6.07 Å². The number of hydrogen-bond acceptors (Lipinski definition) is 3. The molecular formula is C18H15Cl2FN2S. The van der Waals surface area contributed by atoms with E-state index in [9.17, 15) is 4.39 Å². The summed E-state index contributed by atoms with van der Waals surface area (Å²) in [5.74, 6) is -0.199. The molecule has 0 saturated carbocycles. The summed E-state index contributed by atoms with van der Waals surface area (Å²) in [5, 5.41) is 5.39. The lowest BCUT2D eigenvalue weighted by Crippen LogP contribution is -2.16. The predicted octanol–water partition coefficient (Wildman–Crippen LogP) is 5.59. The normalized spacial score (nSPS) is 11.0. The van der Waals surface area contributed by atoms with E-state index >= 15 is 0 Å². The van der Waals surface area contributed by atoms with Crippen LogP contribution in [0.15, 0.2) is 48.7 Å². The van der Waals surface area contributed by atoms with E-state index in [1.54, 1.807) is 29.5 Å². The van der Waals surface area contributed by atoms with Crippen molar-refractivity contribution < 1.29 is 4.39 Å². The van der Waals surface area contributed by atoms with Crippen LogP contribution in [0.4, 0.5) is 4.39 Å². The minimum Gasteiger partial charge on any atom is -0.310 e. The Morgan fingerprint density at radius 1 is 1.12 bits per heavy atom. The van der Waals surface area contributed by atoms with E-state index in [-0.39, 0.29) is 5.82 Å². The van der Waals surface area contributed by atoms with Gasteiger partial charge in [-0.05, 0) is 36.7 Å². The van der Waals surface area contributed by atoms with Crippen LogP contribution in [0.2, 0.25) is 10.0 Å². The summed E-state index contributed by atoms with van der Waals surface area (Å²) >= 11 is 13.9. The number of nitrogens with one attached hydrogen (secondary N) is 1. The molecule has 0 spiro atoms. The zero-order valence-corrected chi connectivity index (χ0v) is 15.1. The molecule has 0 radical (unpaired) electrons. The SMILES string of the molecule is Fc1cccc(CCNCc2ncc(-c3cccc(Cl)c3Cl)s2)c1. The lowest BCUT2D eigenvalue weighted by molar-refractivity contribution is 0.622. The second-order valence-corrected chi connectivity index (χ2v) is 7.18. The van der Waals surface area contributed by atoms with Crippen LogP contribution >= 0.6 is 34.5 Å². The van der Waals surface area contributed by atoms with E-state index in [0.29, 0.717) is 16.6 Å². The van der Waals surface area contributed by atoms with Gasteiger partial charge in [-0.1, -0.05) is 47.5 Å². The first-order chi connectivity index (χ1) is 11.6. The molecule has 0 amide bonds. The second kappa shape index (κ2) is 8.08. The first kappa shape index (κ1) is 17.4. The molecule has 1 N–H and O–H groups in total. The molecule has 0 aliphatic heterocycles. The zero-order chi connectivity index (χ0) is 16.9. The van der Waals surface area contributed by atoms with Crippen LogP contribution in [0.3, 0.4) is 0 Å². The minimum atomic E-state index is -0.199. The van der Waals surface area contributed by atoms with Crippen LogP contribution in [-0.4, -0.2) is 11.5 Å². The molecule has 3 rings (SSSR count). The van der Waals surface area contributed by atoms with Crippen molar-refractivity contribution in [2.45, 2.75) is 13.0 Å². The maximum atomic E-state index is 13.1. The molecule has 0 aliphatic rings. The van der Waals surface area contributed by atoms with Gasteiger partial charge in [-0.25, -0.2) is 9.37 Å². The summed E-state index contributed by atoms with van der Waals surface area (Å²) in [4.78, 5) is 5.41. The Morgan fingerprint density at radius 2 is 1.96 bits per heavy atom. The molecule has 2 aromatic carbocycles. The Kier molecular flexibility index (Phi) is 5.85. The van der Waals surface area contributed by atoms with Gasteiger partial charge in [-0.3, -0.25) is 0 Å². The van der Waals surface area contributed by atoms with Gasteiger partial charge in [-0.2, -0.15) is 0 Å². The molecule has 0 saturated heterocycles. The molecule has 0 atom stereocenters. The number of aromatic nitrogens is 1. The van der Waals surface area contributed by atoms with Gasteiger partial charge in [0.15, 0.2) is 0 Å². The smallest absolute Gasteiger partial charge is 0.123 e. The maximum Gasteiger partial charge on any atom is 0.123 e. The molecule has 1 aromatic heterocycles. The van der Waals surface area contributed by atoms with Crippen molar-refractivity contribution in [1.82, 2.24) is 10.3 Å². The van der Waals surface area contributed by atoms with Gasteiger partial charge in [-0.15, -0.1) is 11.3 Å². The summed E-state index contributed by atoms with van der Waals surface area (Å²) < 4.78 is 13.1. The summed E-state index contributed by atoms with van der Waals surface area (Å²) in [5.41, 5.74) is 1.88. The van der Waals surface area contributed by atoms with E-state index in [1.807, 2.05) is 24.4 Å². The van der Waals surface area contributed by atoms with Crippen LogP contribution in [0.25, 0.3) is 10.4 Å². The molecule has 0 bridgehead atoms. The third-order valence-electron chi connectivity index (χ3n) is 3.53. The second-order valence-electron chi connectivity index (χ2n) is 5.28. The molecule has 2 nitrogen and oxygen atoms in total. The van der Waals surface area contributed by atoms with Crippen LogP contribution in [0, 0.1) is 5.82 Å². The van der Waals surface area contributed by atoms with Crippen molar-refractivity contribution in [2.24, 2.45) is 0 Å². The van der Waals surface area contributed by atoms with E-state index in [0.717, 1.165) is 34.0 Å². The van der Waals surface area contributed by atoms with Crippen molar-refractivity contribution in [3.8, 4) is 10.4 Å². The van der Waals surface area contributed by atoms with Crippen LogP contribution < -0.4 is 5.32 Å². The molecule has 24 heavy (non-hydrogen) atoms. The number of benzene rings is 2. The fourth-order valence-corrected chi connectivity index (χ4v) is 3.71. The lowest BCUT2D eigenvalue weighted by atomic mass is 10.1. The van der Waals surface area contributed by atoms with Gasteiger partial charge >= 0.3 is 0 Å². The molecule has 124 valence electrons. The van der Waals surface area contributed by atoms with E-state index in [2.05, 4.69) is 10.3 Å². The highest BCUT2D eigenvalue weighted by molar-refractivity contribution is 7.15. The Balaban J connectivity index is 1.56. The Bertz CT molecular complexity index is 835. The molecule has 6 heteroatoms. The van der Waals surface area contributed by atoms with Crippen LogP contribution in [-0.2, 0) is 13.0 Å².